The summed E-state index contributed by atoms with van der Waals surface area (Å²) in [4.78, 5) is 12.9. The first kappa shape index (κ1) is 18.2. The molecule has 6 nitrogen and oxygen atoms in total. The molecule has 2 atom stereocenters. The maximum Gasteiger partial charge on any atom is 0.419 e. The van der Waals surface area contributed by atoms with Crippen LogP contribution in [0.3, 0.4) is 0 Å². The van der Waals surface area contributed by atoms with Crippen molar-refractivity contribution >= 4 is 5.91 Å². The molecule has 0 aliphatic rings. The number of likely N-dealkylation sites (N-methyl/N-ethyl adjacent to an activating group) is 1. The predicted octanol–water partition coefficient (Wildman–Crippen LogP) is 0.197. The molecule has 4 N–H and O–H groups in total. The van der Waals surface area contributed by atoms with Crippen molar-refractivity contribution in [1.82, 2.24) is 4.90 Å². The maximum atomic E-state index is 12.7. The standard InChI is InChI=1S/C13H16F3NO5/c1-17(5-9(19)10(20)6-18)12(22)7-3-2-4-8(11(7)21)13(14,15)16/h2-4,9-10,18-21H,5-6H2,1H3. The zero-order chi connectivity index (χ0) is 17.1. The Hall–Kier alpha value is -1.84. The highest BCUT2D eigenvalue weighted by Crippen LogP contribution is 2.37. The monoisotopic (exact) mass is 323 g/mol. The molecule has 2 unspecified atom stereocenters. The zero-order valence-corrected chi connectivity index (χ0v) is 11.6. The predicted molar refractivity (Wildman–Crippen MR) is 69.2 cm³/mol. The number of phenolic OH excluding ortho intramolecular Hbond substituents is 1. The quantitative estimate of drug-likeness (QED) is 0.620. The van der Waals surface area contributed by atoms with Gasteiger partial charge in [0.05, 0.1) is 23.8 Å². The number of rotatable bonds is 5. The minimum absolute atomic E-state index is 0.434. The van der Waals surface area contributed by atoms with Crippen molar-refractivity contribution in [1.29, 1.82) is 0 Å². The lowest BCUT2D eigenvalue weighted by molar-refractivity contribution is -0.138. The Morgan fingerprint density at radius 3 is 2.36 bits per heavy atom. The van der Waals surface area contributed by atoms with Crippen LogP contribution in [-0.4, -0.2) is 63.6 Å². The van der Waals surface area contributed by atoms with Gasteiger partial charge < -0.3 is 25.3 Å². The van der Waals surface area contributed by atoms with Gasteiger partial charge in [-0.2, -0.15) is 13.2 Å². The van der Waals surface area contributed by atoms with E-state index in [2.05, 4.69) is 0 Å². The van der Waals surface area contributed by atoms with Crippen LogP contribution in [0.2, 0.25) is 0 Å². The fourth-order valence-electron chi connectivity index (χ4n) is 1.76. The third-order valence-corrected chi connectivity index (χ3v) is 3.01. The molecule has 1 aromatic rings. The van der Waals surface area contributed by atoms with Crippen molar-refractivity contribution in [3.63, 3.8) is 0 Å². The number of alkyl halides is 3. The second-order valence-corrected chi connectivity index (χ2v) is 4.70. The van der Waals surface area contributed by atoms with E-state index < -0.39 is 54.3 Å². The van der Waals surface area contributed by atoms with E-state index in [1.165, 1.54) is 7.05 Å². The maximum absolute atomic E-state index is 12.7. The molecule has 1 rings (SSSR count). The first-order valence-corrected chi connectivity index (χ1v) is 6.21. The number of halogens is 3. The van der Waals surface area contributed by atoms with Crippen LogP contribution < -0.4 is 0 Å². The molecule has 0 saturated heterocycles. The Morgan fingerprint density at radius 1 is 1.27 bits per heavy atom. The Bertz CT molecular complexity index is 535. The van der Waals surface area contributed by atoms with E-state index in [0.29, 0.717) is 6.07 Å². The number of hydrogen-bond acceptors (Lipinski definition) is 5. The van der Waals surface area contributed by atoms with Crippen LogP contribution in [0.4, 0.5) is 13.2 Å². The van der Waals surface area contributed by atoms with Crippen molar-refractivity contribution in [3.05, 3.63) is 29.3 Å². The van der Waals surface area contributed by atoms with Crippen LogP contribution in [0.5, 0.6) is 5.75 Å². The largest absolute Gasteiger partial charge is 0.506 e. The molecule has 9 heteroatoms. The van der Waals surface area contributed by atoms with Crippen LogP contribution in [-0.2, 0) is 6.18 Å². The van der Waals surface area contributed by atoms with Gasteiger partial charge in [0.2, 0.25) is 0 Å². The van der Waals surface area contributed by atoms with Crippen LogP contribution >= 0.6 is 0 Å². The fraction of sp³-hybridized carbons (Fsp3) is 0.462. The van der Waals surface area contributed by atoms with Gasteiger partial charge in [-0.1, -0.05) is 6.07 Å². The summed E-state index contributed by atoms with van der Waals surface area (Å²) >= 11 is 0. The van der Waals surface area contributed by atoms with Crippen molar-refractivity contribution in [2.75, 3.05) is 20.2 Å². The third kappa shape index (κ3) is 4.09. The van der Waals surface area contributed by atoms with Crippen molar-refractivity contribution in [3.8, 4) is 5.75 Å². The summed E-state index contributed by atoms with van der Waals surface area (Å²) in [7, 11) is 1.18. The van der Waals surface area contributed by atoms with Gasteiger partial charge in [0.15, 0.2) is 0 Å². The summed E-state index contributed by atoms with van der Waals surface area (Å²) in [5.74, 6) is -2.17. The third-order valence-electron chi connectivity index (χ3n) is 3.01. The van der Waals surface area contributed by atoms with Gasteiger partial charge in [0.1, 0.15) is 11.9 Å². The van der Waals surface area contributed by atoms with Gasteiger partial charge in [-0.25, -0.2) is 0 Å². The van der Waals surface area contributed by atoms with Crippen LogP contribution in [0, 0.1) is 0 Å². The second-order valence-electron chi connectivity index (χ2n) is 4.70. The first-order chi connectivity index (χ1) is 10.1. The molecule has 0 fully saturated rings. The van der Waals surface area contributed by atoms with Gasteiger partial charge in [-0.15, -0.1) is 0 Å². The molecule has 0 aromatic heterocycles. The second kappa shape index (κ2) is 6.95. The highest BCUT2D eigenvalue weighted by Gasteiger charge is 2.36. The molecule has 0 aliphatic heterocycles. The minimum Gasteiger partial charge on any atom is -0.506 e. The number of amides is 1. The van der Waals surface area contributed by atoms with Gasteiger partial charge in [0.25, 0.3) is 5.91 Å². The molecule has 0 heterocycles. The number of nitrogens with zero attached hydrogens (tertiary/aromatic N) is 1. The normalized spacial score (nSPS) is 14.5. The van der Waals surface area contributed by atoms with Crippen LogP contribution in [0.25, 0.3) is 0 Å². The molecule has 0 aliphatic carbocycles. The number of carbonyl (C=O) groups is 1. The molecule has 0 spiro atoms. The molecule has 0 saturated carbocycles. The molecule has 1 aromatic carbocycles. The van der Waals surface area contributed by atoms with Gasteiger partial charge in [-0.3, -0.25) is 4.79 Å². The average Bonchev–Trinajstić information content (AvgIpc) is 2.44. The number of hydrogen-bond donors (Lipinski definition) is 4. The summed E-state index contributed by atoms with van der Waals surface area (Å²) in [6.45, 7) is -1.17. The van der Waals surface area contributed by atoms with E-state index in [0.717, 1.165) is 17.0 Å². The Balaban J connectivity index is 2.99. The molecule has 0 bridgehead atoms. The summed E-state index contributed by atoms with van der Waals surface area (Å²) < 4.78 is 38.0. The number of phenols is 1. The van der Waals surface area contributed by atoms with E-state index in [9.17, 15) is 33.3 Å². The number of aliphatic hydroxyl groups is 3. The van der Waals surface area contributed by atoms with E-state index in [1.54, 1.807) is 0 Å². The van der Waals surface area contributed by atoms with Crippen LogP contribution in [0.15, 0.2) is 18.2 Å². The summed E-state index contributed by atoms with van der Waals surface area (Å²) in [6, 6.07) is 2.62. The Morgan fingerprint density at radius 2 is 1.86 bits per heavy atom. The number of carbonyl (C=O) groups excluding carboxylic acids is 1. The highest BCUT2D eigenvalue weighted by molar-refractivity contribution is 5.97. The SMILES string of the molecule is CN(CC(O)C(O)CO)C(=O)c1cccc(C(F)(F)F)c1O. The summed E-state index contributed by atoms with van der Waals surface area (Å²) in [5.41, 5.74) is -1.93. The van der Waals surface area contributed by atoms with Crippen molar-refractivity contribution in [2.45, 2.75) is 18.4 Å². The lowest BCUT2D eigenvalue weighted by Gasteiger charge is -2.24. The molecule has 22 heavy (non-hydrogen) atoms. The lowest BCUT2D eigenvalue weighted by atomic mass is 10.1. The number of para-hydroxylation sites is 1. The van der Waals surface area contributed by atoms with Gasteiger partial charge in [0, 0.05) is 13.6 Å². The fourth-order valence-corrected chi connectivity index (χ4v) is 1.76. The lowest BCUT2D eigenvalue weighted by Crippen LogP contribution is -2.41. The smallest absolute Gasteiger partial charge is 0.419 e. The topological polar surface area (TPSA) is 101 Å². The zero-order valence-electron chi connectivity index (χ0n) is 11.6. The van der Waals surface area contributed by atoms with E-state index in [1.807, 2.05) is 0 Å². The molecule has 124 valence electrons. The highest BCUT2D eigenvalue weighted by atomic mass is 19.4. The molecular weight excluding hydrogens is 307 g/mol. The Labute approximate surface area is 124 Å². The van der Waals surface area contributed by atoms with E-state index in [-0.39, 0.29) is 0 Å². The molecule has 0 radical (unpaired) electrons. The number of aliphatic hydroxyl groups excluding tert-OH is 3. The summed E-state index contributed by atoms with van der Waals surface area (Å²) in [5, 5.41) is 37.0. The number of benzene rings is 1. The van der Waals surface area contributed by atoms with Crippen molar-refractivity contribution in [2.24, 2.45) is 0 Å². The first-order valence-electron chi connectivity index (χ1n) is 6.21. The van der Waals surface area contributed by atoms with Crippen molar-refractivity contribution < 1.29 is 38.4 Å². The average molecular weight is 323 g/mol. The Kier molecular flexibility index (Phi) is 5.75. The van der Waals surface area contributed by atoms with Gasteiger partial charge in [-0.05, 0) is 12.1 Å². The summed E-state index contributed by atoms with van der Waals surface area (Å²) in [6.07, 6.45) is -7.79. The number of aromatic hydroxyl groups is 1. The van der Waals surface area contributed by atoms with E-state index >= 15 is 0 Å². The van der Waals surface area contributed by atoms with E-state index in [4.69, 9.17) is 5.11 Å². The molecule has 1 amide bonds. The minimum atomic E-state index is -4.81. The van der Waals surface area contributed by atoms with Crippen LogP contribution in [0.1, 0.15) is 15.9 Å². The molecular formula is C13H16F3NO5. The van der Waals surface area contributed by atoms with Gasteiger partial charge >= 0.3 is 6.18 Å².